The number of carboxylic acid groups (broad SMARTS) is 1. The molecule has 0 radical (unpaired) electrons. The number of fused-ring (bicyclic) bond motifs is 1. The zero-order valence-electron chi connectivity index (χ0n) is 12.8. The third-order valence-electron chi connectivity index (χ3n) is 3.45. The number of aliphatic carboxylic acids is 1. The number of pyridine rings is 1. The summed E-state index contributed by atoms with van der Waals surface area (Å²) in [6.45, 7) is 0.453. The summed E-state index contributed by atoms with van der Waals surface area (Å²) < 4.78 is 31.7. The van der Waals surface area contributed by atoms with E-state index >= 15 is 0 Å². The molecule has 1 unspecified atom stereocenters. The number of aromatic nitrogens is 2. The number of nitrogens with two attached hydrogens (primary N) is 1. The number of carboxylic acids is 1. The summed E-state index contributed by atoms with van der Waals surface area (Å²) in [5.41, 5.74) is 9.24. The Balaban J connectivity index is 0.000000277. The van der Waals surface area contributed by atoms with Crippen LogP contribution in [-0.4, -0.2) is 45.7 Å². The first kappa shape index (κ1) is 18.5. The van der Waals surface area contributed by atoms with Gasteiger partial charge in [0.1, 0.15) is 0 Å². The number of nitrogens with zero attached hydrogens (tertiary/aromatic N) is 1. The van der Waals surface area contributed by atoms with Crippen molar-refractivity contribution in [2.24, 2.45) is 5.73 Å². The lowest BCUT2D eigenvalue weighted by molar-refractivity contribution is -0.192. The van der Waals surface area contributed by atoms with Crippen LogP contribution in [0.3, 0.4) is 0 Å². The van der Waals surface area contributed by atoms with Crippen LogP contribution in [0.2, 0.25) is 0 Å². The van der Waals surface area contributed by atoms with E-state index in [1.54, 1.807) is 12.4 Å². The third kappa shape index (κ3) is 4.57. The molecule has 0 fully saturated rings. The molecule has 0 bridgehead atoms. The van der Waals surface area contributed by atoms with Gasteiger partial charge >= 0.3 is 12.1 Å². The van der Waals surface area contributed by atoms with E-state index in [-0.39, 0.29) is 11.9 Å². The van der Waals surface area contributed by atoms with E-state index < -0.39 is 12.1 Å². The molecule has 1 aliphatic heterocycles. The van der Waals surface area contributed by atoms with Crippen LogP contribution in [0.25, 0.3) is 11.3 Å². The van der Waals surface area contributed by atoms with Gasteiger partial charge in [0.25, 0.3) is 5.91 Å². The van der Waals surface area contributed by atoms with E-state index in [9.17, 15) is 18.0 Å². The maximum absolute atomic E-state index is 11.9. The van der Waals surface area contributed by atoms with Crippen LogP contribution >= 0.6 is 0 Å². The fraction of sp³-hybridized carbons (Fsp3) is 0.267. The quantitative estimate of drug-likeness (QED) is 0.647. The molecule has 2 aromatic rings. The van der Waals surface area contributed by atoms with Crippen molar-refractivity contribution in [3.63, 3.8) is 0 Å². The number of alkyl halides is 3. The molecule has 0 spiro atoms. The normalized spacial score (nSPS) is 16.3. The molecule has 3 rings (SSSR count). The Kier molecular flexibility index (Phi) is 5.42. The number of aromatic amines is 1. The number of halogens is 3. The molecule has 1 atom stereocenters. The Hall–Kier alpha value is -2.88. The number of carbonyl (C=O) groups excluding carboxylic acids is 1. The van der Waals surface area contributed by atoms with Crippen LogP contribution in [0, 0.1) is 0 Å². The summed E-state index contributed by atoms with van der Waals surface area (Å²) in [6, 6.07) is 5.73. The summed E-state index contributed by atoms with van der Waals surface area (Å²) >= 11 is 0. The number of amides is 1. The van der Waals surface area contributed by atoms with E-state index in [2.05, 4.69) is 15.3 Å². The van der Waals surface area contributed by atoms with Gasteiger partial charge in [-0.15, -0.1) is 0 Å². The summed E-state index contributed by atoms with van der Waals surface area (Å²) in [5.74, 6) is -2.81. The molecule has 25 heavy (non-hydrogen) atoms. The van der Waals surface area contributed by atoms with Crippen molar-refractivity contribution in [1.29, 1.82) is 0 Å². The highest BCUT2D eigenvalue weighted by Gasteiger charge is 2.38. The molecular weight excluding hydrogens is 341 g/mol. The largest absolute Gasteiger partial charge is 0.490 e. The second-order valence-electron chi connectivity index (χ2n) is 5.22. The van der Waals surface area contributed by atoms with Gasteiger partial charge in [-0.3, -0.25) is 9.78 Å². The van der Waals surface area contributed by atoms with Gasteiger partial charge < -0.3 is 21.1 Å². The number of rotatable bonds is 2. The van der Waals surface area contributed by atoms with Crippen LogP contribution in [0.1, 0.15) is 16.1 Å². The lowest BCUT2D eigenvalue weighted by atomic mass is 10.0. The van der Waals surface area contributed by atoms with Crippen LogP contribution < -0.4 is 11.1 Å². The molecule has 134 valence electrons. The minimum absolute atomic E-state index is 0.0222. The first-order chi connectivity index (χ1) is 11.7. The summed E-state index contributed by atoms with van der Waals surface area (Å²) in [7, 11) is 0. The third-order valence-corrected chi connectivity index (χ3v) is 3.45. The number of carbonyl (C=O) groups is 2. The second-order valence-corrected chi connectivity index (χ2v) is 5.22. The first-order valence-corrected chi connectivity index (χ1v) is 7.15. The molecule has 0 saturated heterocycles. The molecule has 0 aromatic carbocycles. The van der Waals surface area contributed by atoms with Crippen molar-refractivity contribution in [3.05, 3.63) is 41.9 Å². The van der Waals surface area contributed by atoms with Crippen molar-refractivity contribution in [3.8, 4) is 11.3 Å². The predicted octanol–water partition coefficient (Wildman–Crippen LogP) is 1.32. The SMILES string of the molecule is NCC1Cc2[nH]c(-c3ccncc3)cc2C(=O)N1.O=C(O)C(F)(F)F. The number of H-pyrrole nitrogens is 1. The lowest BCUT2D eigenvalue weighted by Crippen LogP contribution is -2.45. The van der Waals surface area contributed by atoms with Crippen molar-refractivity contribution in [2.45, 2.75) is 18.6 Å². The van der Waals surface area contributed by atoms with Crippen molar-refractivity contribution >= 4 is 11.9 Å². The zero-order valence-corrected chi connectivity index (χ0v) is 12.8. The second kappa shape index (κ2) is 7.34. The van der Waals surface area contributed by atoms with Crippen LogP contribution in [0.15, 0.2) is 30.6 Å². The van der Waals surface area contributed by atoms with Crippen molar-refractivity contribution < 1.29 is 27.9 Å². The molecule has 10 heteroatoms. The van der Waals surface area contributed by atoms with E-state index in [0.29, 0.717) is 12.1 Å². The van der Waals surface area contributed by atoms with Crippen LogP contribution in [0.4, 0.5) is 13.2 Å². The lowest BCUT2D eigenvalue weighted by Gasteiger charge is -2.21. The van der Waals surface area contributed by atoms with Gasteiger partial charge in [-0.05, 0) is 18.2 Å². The van der Waals surface area contributed by atoms with Crippen molar-refractivity contribution in [2.75, 3.05) is 6.54 Å². The smallest absolute Gasteiger partial charge is 0.475 e. The molecule has 1 aliphatic rings. The number of hydrogen-bond donors (Lipinski definition) is 4. The maximum Gasteiger partial charge on any atom is 0.490 e. The highest BCUT2D eigenvalue weighted by atomic mass is 19.4. The van der Waals surface area contributed by atoms with Gasteiger partial charge in [-0.1, -0.05) is 0 Å². The van der Waals surface area contributed by atoms with Gasteiger partial charge in [0, 0.05) is 48.4 Å². The maximum atomic E-state index is 11.9. The molecule has 7 nitrogen and oxygen atoms in total. The van der Waals surface area contributed by atoms with Crippen LogP contribution in [0.5, 0.6) is 0 Å². The van der Waals surface area contributed by atoms with Gasteiger partial charge in [0.05, 0.1) is 5.56 Å². The fourth-order valence-corrected chi connectivity index (χ4v) is 2.25. The van der Waals surface area contributed by atoms with Gasteiger partial charge in [0.2, 0.25) is 0 Å². The summed E-state index contributed by atoms with van der Waals surface area (Å²) in [4.78, 5) is 28.1. The minimum atomic E-state index is -5.08. The summed E-state index contributed by atoms with van der Waals surface area (Å²) in [5, 5.41) is 10.0. The topological polar surface area (TPSA) is 121 Å². The first-order valence-electron chi connectivity index (χ1n) is 7.15. The van der Waals surface area contributed by atoms with Crippen LogP contribution in [-0.2, 0) is 11.2 Å². The Labute approximate surface area is 140 Å². The zero-order chi connectivity index (χ0) is 18.6. The minimum Gasteiger partial charge on any atom is -0.475 e. The Morgan fingerprint density at radius 3 is 2.48 bits per heavy atom. The monoisotopic (exact) mass is 356 g/mol. The number of nitrogens with one attached hydrogen (secondary N) is 2. The highest BCUT2D eigenvalue weighted by Crippen LogP contribution is 2.24. The molecule has 0 saturated carbocycles. The molecular formula is C15H15F3N4O3. The number of hydrogen-bond acceptors (Lipinski definition) is 4. The molecule has 0 aliphatic carbocycles. The molecule has 5 N–H and O–H groups in total. The Bertz CT molecular complexity index is 759. The highest BCUT2D eigenvalue weighted by molar-refractivity contribution is 5.98. The average Bonchev–Trinajstić information content (AvgIpc) is 3.00. The van der Waals surface area contributed by atoms with Gasteiger partial charge in [0.15, 0.2) is 0 Å². The van der Waals surface area contributed by atoms with E-state index in [1.807, 2.05) is 18.2 Å². The molecule has 2 aromatic heterocycles. The summed E-state index contributed by atoms with van der Waals surface area (Å²) in [6.07, 6.45) is -0.863. The average molecular weight is 356 g/mol. The predicted molar refractivity (Wildman–Crippen MR) is 81.7 cm³/mol. The fourth-order valence-electron chi connectivity index (χ4n) is 2.25. The van der Waals surface area contributed by atoms with E-state index in [1.165, 1.54) is 0 Å². The Morgan fingerprint density at radius 1 is 1.36 bits per heavy atom. The molecule has 3 heterocycles. The van der Waals surface area contributed by atoms with Gasteiger partial charge in [-0.25, -0.2) is 4.79 Å². The van der Waals surface area contributed by atoms with E-state index in [0.717, 1.165) is 23.4 Å². The standard InChI is InChI=1S/C13H14N4O.C2HF3O2/c14-7-9-5-12-10(13(18)16-9)6-11(17-12)8-1-3-15-4-2-8;3-2(4,5)1(6)7/h1-4,6,9,17H,5,7,14H2,(H,16,18);(H,6,7). The van der Waals surface area contributed by atoms with E-state index in [4.69, 9.17) is 15.6 Å². The van der Waals surface area contributed by atoms with Crippen molar-refractivity contribution in [1.82, 2.24) is 15.3 Å². The van der Waals surface area contributed by atoms with Gasteiger partial charge in [-0.2, -0.15) is 13.2 Å². The molecule has 1 amide bonds. The Morgan fingerprint density at radius 2 is 1.96 bits per heavy atom.